The molecule has 1 aliphatic heterocycles. The third kappa shape index (κ3) is 4.10. The molecule has 0 aromatic heterocycles. The van der Waals surface area contributed by atoms with Crippen LogP contribution in [0.15, 0.2) is 0 Å². The van der Waals surface area contributed by atoms with E-state index in [9.17, 15) is 0 Å². The molecule has 2 N–H and O–H groups in total. The first-order chi connectivity index (χ1) is 5.91. The second-order valence-electron chi connectivity index (χ2n) is 5.90. The van der Waals surface area contributed by atoms with Gasteiger partial charge in [-0.1, -0.05) is 27.7 Å². The minimum absolute atomic E-state index is 0.405. The van der Waals surface area contributed by atoms with Crippen molar-refractivity contribution >= 4 is 0 Å². The van der Waals surface area contributed by atoms with E-state index in [1.54, 1.807) is 0 Å². The maximum absolute atomic E-state index is 3.57. The third-order valence-electron chi connectivity index (χ3n) is 2.66. The van der Waals surface area contributed by atoms with E-state index in [1.807, 2.05) is 0 Å². The van der Waals surface area contributed by atoms with E-state index in [0.29, 0.717) is 10.8 Å². The molecular formula is C11H24N2. The first-order valence-corrected chi connectivity index (χ1v) is 5.33. The molecule has 1 saturated heterocycles. The SMILES string of the molecule is CC(C)(C)CNCC1(C)CCNC1. The Hall–Kier alpha value is -0.0800. The summed E-state index contributed by atoms with van der Waals surface area (Å²) < 4.78 is 0. The fourth-order valence-electron chi connectivity index (χ4n) is 1.76. The highest BCUT2D eigenvalue weighted by atomic mass is 15.0. The van der Waals surface area contributed by atoms with Crippen molar-refractivity contribution in [3.63, 3.8) is 0 Å². The molecule has 0 radical (unpaired) electrons. The van der Waals surface area contributed by atoms with Crippen LogP contribution in [-0.4, -0.2) is 26.2 Å². The highest BCUT2D eigenvalue weighted by molar-refractivity contribution is 4.86. The first kappa shape index (κ1) is 11.0. The van der Waals surface area contributed by atoms with Crippen LogP contribution in [0.2, 0.25) is 0 Å². The van der Waals surface area contributed by atoms with Gasteiger partial charge in [0.05, 0.1) is 0 Å². The predicted molar refractivity (Wildman–Crippen MR) is 57.9 cm³/mol. The normalized spacial score (nSPS) is 29.5. The van der Waals surface area contributed by atoms with Gasteiger partial charge in [0.2, 0.25) is 0 Å². The first-order valence-electron chi connectivity index (χ1n) is 5.33. The molecule has 2 heteroatoms. The molecule has 2 nitrogen and oxygen atoms in total. The Kier molecular flexibility index (Phi) is 3.36. The van der Waals surface area contributed by atoms with E-state index in [0.717, 1.165) is 13.1 Å². The van der Waals surface area contributed by atoms with E-state index in [-0.39, 0.29) is 0 Å². The van der Waals surface area contributed by atoms with Gasteiger partial charge in [-0.3, -0.25) is 0 Å². The van der Waals surface area contributed by atoms with Gasteiger partial charge in [0, 0.05) is 19.6 Å². The lowest BCUT2D eigenvalue weighted by molar-refractivity contribution is 0.300. The van der Waals surface area contributed by atoms with Crippen molar-refractivity contribution in [1.82, 2.24) is 10.6 Å². The van der Waals surface area contributed by atoms with Crippen LogP contribution in [0.1, 0.15) is 34.1 Å². The molecular weight excluding hydrogens is 160 g/mol. The van der Waals surface area contributed by atoms with Gasteiger partial charge >= 0.3 is 0 Å². The summed E-state index contributed by atoms with van der Waals surface area (Å²) in [5.41, 5.74) is 0.896. The Labute approximate surface area is 82.5 Å². The number of rotatable bonds is 3. The van der Waals surface area contributed by atoms with Crippen molar-refractivity contribution in [2.24, 2.45) is 10.8 Å². The average molecular weight is 184 g/mol. The molecule has 0 aromatic rings. The maximum Gasteiger partial charge on any atom is 0.00180 e. The van der Waals surface area contributed by atoms with E-state index < -0.39 is 0 Å². The minimum Gasteiger partial charge on any atom is -0.316 e. The fraction of sp³-hybridized carbons (Fsp3) is 1.00. The molecule has 0 amide bonds. The van der Waals surface area contributed by atoms with E-state index in [4.69, 9.17) is 0 Å². The summed E-state index contributed by atoms with van der Waals surface area (Å²) >= 11 is 0. The second kappa shape index (κ2) is 3.97. The van der Waals surface area contributed by atoms with Gasteiger partial charge in [0.15, 0.2) is 0 Å². The maximum atomic E-state index is 3.57. The van der Waals surface area contributed by atoms with Crippen molar-refractivity contribution < 1.29 is 0 Å². The molecule has 0 spiro atoms. The lowest BCUT2D eigenvalue weighted by Gasteiger charge is -2.26. The Bertz CT molecular complexity index is 152. The van der Waals surface area contributed by atoms with Crippen LogP contribution in [0.3, 0.4) is 0 Å². The highest BCUT2D eigenvalue weighted by Crippen LogP contribution is 2.23. The number of nitrogens with one attached hydrogen (secondary N) is 2. The lowest BCUT2D eigenvalue weighted by Crippen LogP contribution is -2.37. The van der Waals surface area contributed by atoms with Gasteiger partial charge in [0.1, 0.15) is 0 Å². The molecule has 1 atom stereocenters. The van der Waals surface area contributed by atoms with Gasteiger partial charge in [-0.15, -0.1) is 0 Å². The molecule has 0 saturated carbocycles. The fourth-order valence-corrected chi connectivity index (χ4v) is 1.76. The molecule has 0 aromatic carbocycles. The molecule has 78 valence electrons. The Balaban J connectivity index is 2.18. The molecule has 0 bridgehead atoms. The summed E-state index contributed by atoms with van der Waals surface area (Å²) in [6.07, 6.45) is 1.31. The monoisotopic (exact) mass is 184 g/mol. The highest BCUT2D eigenvalue weighted by Gasteiger charge is 2.28. The van der Waals surface area contributed by atoms with Crippen LogP contribution in [0.25, 0.3) is 0 Å². The molecule has 13 heavy (non-hydrogen) atoms. The molecule has 1 fully saturated rings. The van der Waals surface area contributed by atoms with Crippen LogP contribution in [0.4, 0.5) is 0 Å². The average Bonchev–Trinajstić information content (AvgIpc) is 2.33. The van der Waals surface area contributed by atoms with Gasteiger partial charge in [-0.05, 0) is 23.8 Å². The van der Waals surface area contributed by atoms with E-state index >= 15 is 0 Å². The summed E-state index contributed by atoms with van der Waals surface area (Å²) in [6, 6.07) is 0. The topological polar surface area (TPSA) is 24.1 Å². The molecule has 0 aliphatic carbocycles. The van der Waals surface area contributed by atoms with Crippen LogP contribution in [0, 0.1) is 10.8 Å². The standard InChI is InChI=1S/C11H24N2/c1-10(2,3)7-13-9-11(4)5-6-12-8-11/h12-13H,5-9H2,1-4H3. The van der Waals surface area contributed by atoms with Crippen molar-refractivity contribution in [3.8, 4) is 0 Å². The third-order valence-corrected chi connectivity index (χ3v) is 2.66. The minimum atomic E-state index is 0.405. The summed E-state index contributed by atoms with van der Waals surface area (Å²) in [4.78, 5) is 0. The van der Waals surface area contributed by atoms with Crippen LogP contribution < -0.4 is 10.6 Å². The van der Waals surface area contributed by atoms with Crippen LogP contribution in [-0.2, 0) is 0 Å². The molecule has 1 heterocycles. The van der Waals surface area contributed by atoms with Crippen molar-refractivity contribution in [1.29, 1.82) is 0 Å². The number of hydrogen-bond acceptors (Lipinski definition) is 2. The summed E-state index contributed by atoms with van der Waals surface area (Å²) in [7, 11) is 0. The largest absolute Gasteiger partial charge is 0.316 e. The Morgan fingerprint density at radius 1 is 1.38 bits per heavy atom. The van der Waals surface area contributed by atoms with Crippen molar-refractivity contribution in [3.05, 3.63) is 0 Å². The number of hydrogen-bond donors (Lipinski definition) is 2. The van der Waals surface area contributed by atoms with Crippen LogP contribution >= 0.6 is 0 Å². The predicted octanol–water partition coefficient (Wildman–Crippen LogP) is 1.62. The van der Waals surface area contributed by atoms with E-state index in [1.165, 1.54) is 19.5 Å². The molecule has 1 rings (SSSR count). The van der Waals surface area contributed by atoms with Gasteiger partial charge < -0.3 is 10.6 Å². The van der Waals surface area contributed by atoms with Gasteiger partial charge in [-0.25, -0.2) is 0 Å². The molecule has 1 aliphatic rings. The Morgan fingerprint density at radius 3 is 2.54 bits per heavy atom. The molecule has 1 unspecified atom stereocenters. The second-order valence-corrected chi connectivity index (χ2v) is 5.90. The zero-order valence-corrected chi connectivity index (χ0v) is 9.54. The zero-order valence-electron chi connectivity index (χ0n) is 9.54. The lowest BCUT2D eigenvalue weighted by atomic mass is 9.89. The Morgan fingerprint density at radius 2 is 2.08 bits per heavy atom. The quantitative estimate of drug-likeness (QED) is 0.696. The zero-order chi connectivity index (χ0) is 9.95. The van der Waals surface area contributed by atoms with Gasteiger partial charge in [0.25, 0.3) is 0 Å². The van der Waals surface area contributed by atoms with Crippen LogP contribution in [0.5, 0.6) is 0 Å². The van der Waals surface area contributed by atoms with Crippen molar-refractivity contribution in [2.45, 2.75) is 34.1 Å². The smallest absolute Gasteiger partial charge is 0.00180 e. The van der Waals surface area contributed by atoms with E-state index in [2.05, 4.69) is 38.3 Å². The van der Waals surface area contributed by atoms with Crippen molar-refractivity contribution in [2.75, 3.05) is 26.2 Å². The summed E-state index contributed by atoms with van der Waals surface area (Å²) in [5.74, 6) is 0. The summed E-state index contributed by atoms with van der Waals surface area (Å²) in [5, 5.41) is 6.99. The summed E-state index contributed by atoms with van der Waals surface area (Å²) in [6.45, 7) is 13.8. The van der Waals surface area contributed by atoms with Gasteiger partial charge in [-0.2, -0.15) is 0 Å².